The van der Waals surface area contributed by atoms with Crippen LogP contribution in [0.15, 0.2) is 41.2 Å². The van der Waals surface area contributed by atoms with E-state index in [-0.39, 0.29) is 56.4 Å². The number of esters is 1. The van der Waals surface area contributed by atoms with E-state index in [1.807, 2.05) is 0 Å². The number of nitrogens with two attached hydrogens (primary N) is 1. The molecule has 1 aliphatic carbocycles. The molecule has 332 valence electrons. The predicted molar refractivity (Wildman–Crippen MR) is 222 cm³/mol. The van der Waals surface area contributed by atoms with Crippen LogP contribution in [0.4, 0.5) is 19.7 Å². The summed E-state index contributed by atoms with van der Waals surface area (Å²) >= 11 is 0. The molecule has 4 aromatic rings. The number of primary amides is 1. The monoisotopic (exact) mass is 870 g/mol. The number of anilines is 1. The number of fused-ring (bicyclic) bond motifs is 5. The molecule has 3 aliphatic rings. The van der Waals surface area contributed by atoms with Crippen LogP contribution in [0.25, 0.3) is 22.3 Å². The van der Waals surface area contributed by atoms with Gasteiger partial charge in [-0.05, 0) is 79.5 Å². The first-order valence-electron chi connectivity index (χ1n) is 20.5. The fourth-order valence-corrected chi connectivity index (χ4v) is 8.16. The number of amides is 6. The van der Waals surface area contributed by atoms with Gasteiger partial charge in [0.2, 0.25) is 17.7 Å². The topological polar surface area (TPSA) is 271 Å². The van der Waals surface area contributed by atoms with E-state index in [0.717, 1.165) is 5.56 Å². The number of hydrogen-bond acceptors (Lipinski definition) is 12. The lowest BCUT2D eigenvalue weighted by Gasteiger charge is -2.31. The zero-order chi connectivity index (χ0) is 45.0. The Kier molecular flexibility index (Phi) is 13.0. The highest BCUT2D eigenvalue weighted by Gasteiger charge is 2.46. The smallest absolute Gasteiger partial charge is 0.407 e. The normalized spacial score (nSPS) is 16.8. The number of rotatable bonds is 16. The second-order valence-corrected chi connectivity index (χ2v) is 15.5. The van der Waals surface area contributed by atoms with Crippen LogP contribution < -0.4 is 37.9 Å². The van der Waals surface area contributed by atoms with Crippen molar-refractivity contribution in [2.45, 2.75) is 83.8 Å². The molecule has 2 aliphatic heterocycles. The second-order valence-electron chi connectivity index (χ2n) is 15.5. The van der Waals surface area contributed by atoms with Gasteiger partial charge in [-0.1, -0.05) is 19.1 Å². The third kappa shape index (κ3) is 9.31. The van der Waals surface area contributed by atoms with E-state index < -0.39 is 66.1 Å². The van der Waals surface area contributed by atoms with Gasteiger partial charge in [0, 0.05) is 41.2 Å². The first-order chi connectivity index (χ1) is 30.2. The van der Waals surface area contributed by atoms with Gasteiger partial charge in [0.15, 0.2) is 5.60 Å². The number of nitrogens with one attached hydrogen (secondary N) is 5. The van der Waals surface area contributed by atoms with Crippen LogP contribution in [-0.4, -0.2) is 76.9 Å². The molecule has 0 spiro atoms. The Morgan fingerprint density at radius 2 is 1.79 bits per heavy atom. The van der Waals surface area contributed by atoms with Gasteiger partial charge in [0.1, 0.15) is 38.9 Å². The third-order valence-electron chi connectivity index (χ3n) is 11.4. The minimum absolute atomic E-state index is 0.0307. The number of carbonyl (C=O) groups excluding carboxylic acids is 6. The molecule has 20 heteroatoms. The SMILES string of the molecule is CC[C@@]1(O)C(=O)OCc2c1cc1n(c2=O)Cc2c-1nc1cc(F)c(C)c3c1c2C(NC(=O)COCNC(=O)CNC(=O)OCc1ccc(NC(=O)CCCCNC(N)=O)cc1)CC3. The minimum atomic E-state index is -2.03. The molecule has 0 radical (unpaired) electrons. The van der Waals surface area contributed by atoms with Gasteiger partial charge >= 0.3 is 18.1 Å². The van der Waals surface area contributed by atoms with Crippen LogP contribution in [0.2, 0.25) is 0 Å². The number of carbonyl (C=O) groups is 6. The average Bonchev–Trinajstić information content (AvgIpc) is 3.63. The van der Waals surface area contributed by atoms with Crippen LogP contribution in [0.3, 0.4) is 0 Å². The summed E-state index contributed by atoms with van der Waals surface area (Å²) < 4.78 is 32.5. The Bertz CT molecular complexity index is 2580. The van der Waals surface area contributed by atoms with E-state index in [1.54, 1.807) is 44.2 Å². The molecule has 19 nitrogen and oxygen atoms in total. The Balaban J connectivity index is 0.900. The average molecular weight is 871 g/mol. The summed E-state index contributed by atoms with van der Waals surface area (Å²) in [6.45, 7) is 2.14. The molecule has 2 atom stereocenters. The summed E-state index contributed by atoms with van der Waals surface area (Å²) in [6.07, 6.45) is 1.39. The minimum Gasteiger partial charge on any atom is -0.458 e. The maximum Gasteiger partial charge on any atom is 0.407 e. The van der Waals surface area contributed by atoms with E-state index >= 15 is 4.39 Å². The Hall–Kier alpha value is -6.93. The first kappa shape index (κ1) is 44.1. The summed E-state index contributed by atoms with van der Waals surface area (Å²) in [5.74, 6) is -2.61. The second kappa shape index (κ2) is 18.6. The van der Waals surface area contributed by atoms with Gasteiger partial charge in [-0.25, -0.2) is 23.8 Å². The zero-order valence-corrected chi connectivity index (χ0v) is 34.6. The highest BCUT2D eigenvalue weighted by molar-refractivity contribution is 5.94. The van der Waals surface area contributed by atoms with Crippen molar-refractivity contribution >= 4 is 52.4 Å². The number of alkyl carbamates (subject to hydrolysis) is 1. The van der Waals surface area contributed by atoms with Crippen molar-refractivity contribution in [3.8, 4) is 11.4 Å². The fraction of sp³-hybridized carbons (Fsp3) is 0.395. The molecule has 4 heterocycles. The van der Waals surface area contributed by atoms with Crippen LogP contribution in [0.5, 0.6) is 0 Å². The maximum atomic E-state index is 15.3. The Labute approximate surface area is 359 Å². The molecule has 1 unspecified atom stereocenters. The largest absolute Gasteiger partial charge is 0.458 e. The summed E-state index contributed by atoms with van der Waals surface area (Å²) in [5.41, 5.74) is 7.61. The molecule has 0 saturated heterocycles. The van der Waals surface area contributed by atoms with E-state index in [9.17, 15) is 38.7 Å². The Morgan fingerprint density at radius 1 is 1.02 bits per heavy atom. The number of urea groups is 1. The van der Waals surface area contributed by atoms with E-state index in [2.05, 4.69) is 26.6 Å². The molecule has 8 N–H and O–H groups in total. The van der Waals surface area contributed by atoms with Crippen molar-refractivity contribution in [2.24, 2.45) is 5.73 Å². The van der Waals surface area contributed by atoms with E-state index in [1.165, 1.54) is 10.6 Å². The standard InChI is InChI=1S/C43H47FN8O11/c1-3-43(60)28-14-32-38-26(17-52(32)39(56)27(28)19-62-40(43)57)37-30(12-11-25-22(2)29(44)15-31(51-38)36(25)37)50-35(55)20-61-21-48-34(54)16-47-42(59)63-18-23-7-9-24(10-8-23)49-33(53)6-4-5-13-46-41(45)58/h7-10,14-15,30,60H,3-6,11-13,16-21H2,1-2H3,(H,47,59)(H,48,54)(H,49,53)(H,50,55)(H3,45,46,58)/t30?,43-/m0/s1. The number of aromatic nitrogens is 2. The molecule has 0 bridgehead atoms. The number of benzene rings is 2. The first-order valence-corrected chi connectivity index (χ1v) is 20.5. The summed E-state index contributed by atoms with van der Waals surface area (Å²) in [6, 6.07) is 8.35. The third-order valence-corrected chi connectivity index (χ3v) is 11.4. The van der Waals surface area contributed by atoms with Crippen molar-refractivity contribution in [1.82, 2.24) is 30.8 Å². The van der Waals surface area contributed by atoms with Crippen molar-refractivity contribution in [3.63, 3.8) is 0 Å². The number of halogens is 1. The fourth-order valence-electron chi connectivity index (χ4n) is 8.16. The predicted octanol–water partition coefficient (Wildman–Crippen LogP) is 2.42. The van der Waals surface area contributed by atoms with Crippen LogP contribution >= 0.6 is 0 Å². The molecule has 2 aromatic heterocycles. The molecule has 7 rings (SSSR count). The molecule has 0 saturated carbocycles. The number of hydrogen-bond donors (Lipinski definition) is 7. The van der Waals surface area contributed by atoms with Crippen LogP contribution in [-0.2, 0) is 65.2 Å². The van der Waals surface area contributed by atoms with Crippen molar-refractivity contribution < 1.29 is 52.5 Å². The number of unbranched alkanes of at least 4 members (excludes halogenated alkanes) is 1. The Morgan fingerprint density at radius 3 is 2.54 bits per heavy atom. The number of aryl methyl sites for hydroxylation is 1. The molecule has 2 aromatic carbocycles. The molecular weight excluding hydrogens is 824 g/mol. The van der Waals surface area contributed by atoms with Gasteiger partial charge in [-0.2, -0.15) is 0 Å². The van der Waals surface area contributed by atoms with Crippen LogP contribution in [0, 0.1) is 12.7 Å². The molecule has 6 amide bonds. The summed E-state index contributed by atoms with van der Waals surface area (Å²) in [4.78, 5) is 92.1. The number of aliphatic hydroxyl groups is 1. The van der Waals surface area contributed by atoms with Crippen molar-refractivity contribution in [2.75, 3.05) is 31.7 Å². The van der Waals surface area contributed by atoms with Gasteiger partial charge in [0.05, 0.1) is 35.1 Å². The summed E-state index contributed by atoms with van der Waals surface area (Å²) in [7, 11) is 0. The van der Waals surface area contributed by atoms with Crippen molar-refractivity contribution in [1.29, 1.82) is 0 Å². The van der Waals surface area contributed by atoms with Crippen molar-refractivity contribution in [3.05, 3.63) is 91.5 Å². The van der Waals surface area contributed by atoms with Crippen LogP contribution in [0.1, 0.15) is 84.0 Å². The number of nitrogens with zero attached hydrogens (tertiary/aromatic N) is 2. The number of pyridine rings is 2. The van der Waals surface area contributed by atoms with E-state index in [0.29, 0.717) is 82.5 Å². The lowest BCUT2D eigenvalue weighted by atomic mass is 9.81. The lowest BCUT2D eigenvalue weighted by molar-refractivity contribution is -0.172. The lowest BCUT2D eigenvalue weighted by Crippen LogP contribution is -2.44. The quantitative estimate of drug-likeness (QED) is 0.0428. The van der Waals surface area contributed by atoms with E-state index in [4.69, 9.17) is 24.9 Å². The highest BCUT2D eigenvalue weighted by atomic mass is 19.1. The zero-order valence-electron chi connectivity index (χ0n) is 34.6. The molecule has 63 heavy (non-hydrogen) atoms. The number of ether oxygens (including phenoxy) is 3. The maximum absolute atomic E-state index is 15.3. The highest BCUT2D eigenvalue weighted by Crippen LogP contribution is 2.46. The summed E-state index contributed by atoms with van der Waals surface area (Å²) in [5, 5.41) is 25.0. The van der Waals surface area contributed by atoms with Gasteiger partial charge in [0.25, 0.3) is 5.56 Å². The number of cyclic esters (lactones) is 1. The van der Waals surface area contributed by atoms with Gasteiger partial charge in [-0.3, -0.25) is 19.2 Å². The van der Waals surface area contributed by atoms with Gasteiger partial charge in [-0.15, -0.1) is 0 Å². The van der Waals surface area contributed by atoms with Gasteiger partial charge < -0.3 is 56.2 Å². The molecule has 0 fully saturated rings. The molecular formula is C43H47FN8O11.